The summed E-state index contributed by atoms with van der Waals surface area (Å²) < 4.78 is 5.03. The lowest BCUT2D eigenvalue weighted by molar-refractivity contribution is 0.407. The molecular formula is C21H25N3O3. The summed E-state index contributed by atoms with van der Waals surface area (Å²) >= 11 is 0. The Kier molecular flexibility index (Phi) is 7.43. The molecule has 0 aliphatic carbocycles. The number of ether oxygens (including phenoxy) is 1. The monoisotopic (exact) mass is 367 g/mol. The lowest BCUT2D eigenvalue weighted by atomic mass is 10.2. The number of hydrogen-bond acceptors (Lipinski definition) is 6. The van der Waals surface area contributed by atoms with Crippen molar-refractivity contribution in [2.24, 2.45) is 9.98 Å². The van der Waals surface area contributed by atoms with Crippen molar-refractivity contribution in [2.75, 3.05) is 25.1 Å². The summed E-state index contributed by atoms with van der Waals surface area (Å²) in [7, 11) is 1.54. The third kappa shape index (κ3) is 5.60. The van der Waals surface area contributed by atoms with E-state index in [0.717, 1.165) is 18.8 Å². The van der Waals surface area contributed by atoms with Crippen molar-refractivity contribution >= 4 is 18.1 Å². The molecule has 142 valence electrons. The molecule has 0 atom stereocenters. The number of rotatable bonds is 8. The van der Waals surface area contributed by atoms with E-state index in [9.17, 15) is 10.2 Å². The lowest BCUT2D eigenvalue weighted by Crippen LogP contribution is -2.21. The van der Waals surface area contributed by atoms with E-state index in [1.807, 2.05) is 12.1 Å². The van der Waals surface area contributed by atoms with Gasteiger partial charge >= 0.3 is 0 Å². The van der Waals surface area contributed by atoms with Crippen LogP contribution in [0.5, 0.6) is 17.2 Å². The van der Waals surface area contributed by atoms with Crippen molar-refractivity contribution < 1.29 is 14.9 Å². The van der Waals surface area contributed by atoms with Crippen molar-refractivity contribution in [1.82, 2.24) is 0 Å². The molecule has 0 heterocycles. The smallest absolute Gasteiger partial charge is 0.128 e. The Morgan fingerprint density at radius 1 is 0.889 bits per heavy atom. The third-order valence-corrected chi connectivity index (χ3v) is 4.05. The summed E-state index contributed by atoms with van der Waals surface area (Å²) in [5.41, 5.74) is 2.19. The van der Waals surface area contributed by atoms with Gasteiger partial charge in [-0.2, -0.15) is 0 Å². The van der Waals surface area contributed by atoms with E-state index in [2.05, 4.69) is 28.7 Å². The molecule has 2 rings (SSSR count). The van der Waals surface area contributed by atoms with Gasteiger partial charge < -0.3 is 19.8 Å². The quantitative estimate of drug-likeness (QED) is 0.692. The fourth-order valence-corrected chi connectivity index (χ4v) is 2.51. The van der Waals surface area contributed by atoms with Gasteiger partial charge in [-0.25, -0.2) is 0 Å². The Labute approximate surface area is 159 Å². The molecule has 0 radical (unpaired) electrons. The van der Waals surface area contributed by atoms with Gasteiger partial charge in [-0.3, -0.25) is 9.98 Å². The van der Waals surface area contributed by atoms with Gasteiger partial charge in [0.2, 0.25) is 0 Å². The predicted molar refractivity (Wildman–Crippen MR) is 111 cm³/mol. The second kappa shape index (κ2) is 10.0. The number of anilines is 1. The largest absolute Gasteiger partial charge is 0.507 e. The van der Waals surface area contributed by atoms with Crippen LogP contribution in [-0.4, -0.2) is 42.8 Å². The summed E-state index contributed by atoms with van der Waals surface area (Å²) in [5, 5.41) is 20.0. The highest BCUT2D eigenvalue weighted by atomic mass is 16.5. The molecule has 2 N–H and O–H groups in total. The van der Waals surface area contributed by atoms with Crippen molar-refractivity contribution in [1.29, 1.82) is 0 Å². The first-order valence-electron chi connectivity index (χ1n) is 8.75. The van der Waals surface area contributed by atoms with E-state index in [4.69, 9.17) is 4.74 Å². The summed E-state index contributed by atoms with van der Waals surface area (Å²) in [6.07, 6.45) is 6.10. The highest BCUT2D eigenvalue weighted by molar-refractivity contribution is 5.85. The number of aliphatic imine (C=N–C) groups is 2. The highest BCUT2D eigenvalue weighted by Gasteiger charge is 2.05. The van der Waals surface area contributed by atoms with Gasteiger partial charge in [0, 0.05) is 66.9 Å². The molecule has 0 unspecified atom stereocenters. The van der Waals surface area contributed by atoms with E-state index in [-0.39, 0.29) is 11.5 Å². The Hall–Kier alpha value is -3.28. The number of phenols is 2. The Bertz CT molecular complexity index is 841. The van der Waals surface area contributed by atoms with Crippen LogP contribution in [-0.2, 0) is 0 Å². The number of phenolic OH excluding ortho intramolecular Hbond substituents is 2. The first kappa shape index (κ1) is 20.0. The molecule has 0 bridgehead atoms. The lowest BCUT2D eigenvalue weighted by Gasteiger charge is -2.21. The van der Waals surface area contributed by atoms with Gasteiger partial charge in [0.25, 0.3) is 0 Å². The number of benzene rings is 2. The van der Waals surface area contributed by atoms with Crippen LogP contribution >= 0.6 is 0 Å². The van der Waals surface area contributed by atoms with Gasteiger partial charge in [-0.05, 0) is 38.1 Å². The summed E-state index contributed by atoms with van der Waals surface area (Å²) in [6, 6.07) is 10.5. The fraction of sp³-hybridized carbons (Fsp3) is 0.238. The van der Waals surface area contributed by atoms with Gasteiger partial charge in [0.15, 0.2) is 0 Å². The van der Waals surface area contributed by atoms with Gasteiger partial charge in [-0.15, -0.1) is 0 Å². The minimum Gasteiger partial charge on any atom is -0.507 e. The van der Waals surface area contributed by atoms with Crippen LogP contribution in [0.4, 0.5) is 5.69 Å². The van der Waals surface area contributed by atoms with Crippen molar-refractivity contribution in [3.05, 3.63) is 59.9 Å². The summed E-state index contributed by atoms with van der Waals surface area (Å²) in [6.45, 7) is 5.92. The van der Waals surface area contributed by atoms with Crippen LogP contribution in [0.25, 0.3) is 0 Å². The number of nitrogens with zero attached hydrogens (tertiary/aromatic N) is 3. The van der Waals surface area contributed by atoms with Gasteiger partial charge in [0.05, 0.1) is 7.11 Å². The SMILES string of the molecule is CCN(CC)c1ccc(C=N/C=C/N=Cc2ccc(OC)cc2O)c(O)c1. The molecule has 27 heavy (non-hydrogen) atoms. The normalized spacial score (nSPS) is 11.7. The Balaban J connectivity index is 1.98. The molecule has 6 nitrogen and oxygen atoms in total. The maximum Gasteiger partial charge on any atom is 0.128 e. The van der Waals surface area contributed by atoms with Crippen LogP contribution < -0.4 is 9.64 Å². The van der Waals surface area contributed by atoms with Crippen molar-refractivity contribution in [3.63, 3.8) is 0 Å². The highest BCUT2D eigenvalue weighted by Crippen LogP contribution is 2.24. The van der Waals surface area contributed by atoms with E-state index in [0.29, 0.717) is 16.9 Å². The first-order valence-corrected chi connectivity index (χ1v) is 8.75. The number of hydrogen-bond donors (Lipinski definition) is 2. The second-order valence-electron chi connectivity index (χ2n) is 5.69. The molecule has 2 aromatic carbocycles. The average Bonchev–Trinajstić information content (AvgIpc) is 2.67. The maximum absolute atomic E-state index is 10.1. The Morgan fingerprint density at radius 2 is 1.44 bits per heavy atom. The van der Waals surface area contributed by atoms with Crippen molar-refractivity contribution in [3.8, 4) is 17.2 Å². The van der Waals surface area contributed by atoms with E-state index in [1.54, 1.807) is 24.4 Å². The van der Waals surface area contributed by atoms with E-state index in [1.165, 1.54) is 31.8 Å². The molecule has 0 amide bonds. The molecule has 0 aliphatic rings. The van der Waals surface area contributed by atoms with Crippen LogP contribution in [0.2, 0.25) is 0 Å². The zero-order valence-electron chi connectivity index (χ0n) is 15.8. The Morgan fingerprint density at radius 3 is 1.93 bits per heavy atom. The summed E-state index contributed by atoms with van der Waals surface area (Å²) in [5.74, 6) is 0.855. The third-order valence-electron chi connectivity index (χ3n) is 4.05. The van der Waals surface area contributed by atoms with E-state index >= 15 is 0 Å². The fourth-order valence-electron chi connectivity index (χ4n) is 2.51. The zero-order valence-corrected chi connectivity index (χ0v) is 15.8. The topological polar surface area (TPSA) is 77.7 Å². The van der Waals surface area contributed by atoms with Crippen LogP contribution in [0.15, 0.2) is 58.8 Å². The molecule has 0 saturated heterocycles. The predicted octanol–water partition coefficient (Wildman–Crippen LogP) is 3.96. The minimum absolute atomic E-state index is 0.0909. The molecule has 0 saturated carbocycles. The standard InChI is InChI=1S/C21H25N3O3/c1-4-24(5-2)18-8-6-16(20(25)12-18)14-22-10-11-23-15-17-7-9-19(27-3)13-21(17)26/h6-15,25-26H,4-5H2,1-3H3/b11-10+,22-14?,23-15?. The molecule has 0 fully saturated rings. The average molecular weight is 367 g/mol. The van der Waals surface area contributed by atoms with Crippen LogP contribution in [0.3, 0.4) is 0 Å². The molecule has 0 aliphatic heterocycles. The van der Waals surface area contributed by atoms with Gasteiger partial charge in [-0.1, -0.05) is 0 Å². The summed E-state index contributed by atoms with van der Waals surface area (Å²) in [4.78, 5) is 10.4. The molecule has 0 spiro atoms. The van der Waals surface area contributed by atoms with Crippen LogP contribution in [0, 0.1) is 0 Å². The molecule has 2 aromatic rings. The molecule has 0 aromatic heterocycles. The number of aromatic hydroxyl groups is 2. The minimum atomic E-state index is 0.0909. The molecule has 6 heteroatoms. The van der Waals surface area contributed by atoms with Crippen molar-refractivity contribution in [2.45, 2.75) is 13.8 Å². The number of methoxy groups -OCH3 is 1. The van der Waals surface area contributed by atoms with Gasteiger partial charge in [0.1, 0.15) is 17.2 Å². The maximum atomic E-state index is 10.1. The first-order chi connectivity index (χ1) is 13.1. The van der Waals surface area contributed by atoms with Crippen LogP contribution in [0.1, 0.15) is 25.0 Å². The van der Waals surface area contributed by atoms with E-state index < -0.39 is 0 Å². The molecular weight excluding hydrogens is 342 g/mol. The zero-order chi connectivity index (χ0) is 19.6. The second-order valence-corrected chi connectivity index (χ2v) is 5.69.